The smallest absolute Gasteiger partial charge is 0.179 e. The molecule has 8 heteroatoms. The van der Waals surface area contributed by atoms with Gasteiger partial charge in [-0.15, -0.1) is 0 Å². The van der Waals surface area contributed by atoms with E-state index in [1.54, 1.807) is 0 Å². The second-order valence-corrected chi connectivity index (χ2v) is 10.7. The zero-order chi connectivity index (χ0) is 27.4. The number of para-hydroxylation sites is 3. The minimum atomic E-state index is -0.215. The normalized spacial score (nSPS) is 15.5. The van der Waals surface area contributed by atoms with Gasteiger partial charge in [0.2, 0.25) is 0 Å². The van der Waals surface area contributed by atoms with E-state index in [4.69, 9.17) is 38.3 Å². The third-order valence-electron chi connectivity index (χ3n) is 7.26. The number of aromatic nitrogens is 2. The lowest BCUT2D eigenvalue weighted by molar-refractivity contribution is 0.815. The van der Waals surface area contributed by atoms with Gasteiger partial charge in [-0.2, -0.15) is 5.10 Å². The van der Waals surface area contributed by atoms with Gasteiger partial charge in [-0.3, -0.25) is 0 Å². The molecule has 0 fully saturated rings. The molecule has 1 unspecified atom stereocenters. The average molecular weight is 563 g/mol. The number of fused-ring (bicyclic) bond motifs is 4. The van der Waals surface area contributed by atoms with Gasteiger partial charge in [0, 0.05) is 21.3 Å². The molecule has 1 N–H and O–H groups in total. The number of hydrogen-bond donors (Lipinski definition) is 1. The van der Waals surface area contributed by atoms with Crippen molar-refractivity contribution in [2.75, 3.05) is 10.2 Å². The zero-order valence-corrected chi connectivity index (χ0v) is 23.3. The molecule has 6 nitrogen and oxygen atoms in total. The first kappa shape index (κ1) is 24.6. The molecule has 0 saturated heterocycles. The number of amidine groups is 2. The summed E-state index contributed by atoms with van der Waals surface area (Å²) < 4.78 is 1.92. The largest absolute Gasteiger partial charge is 0.337 e. The first-order valence-corrected chi connectivity index (χ1v) is 13.7. The second kappa shape index (κ2) is 9.66. The Kier molecular flexibility index (Phi) is 5.95. The van der Waals surface area contributed by atoms with Crippen molar-refractivity contribution in [3.63, 3.8) is 0 Å². The lowest BCUT2D eigenvalue weighted by Crippen LogP contribution is -2.46. The van der Waals surface area contributed by atoms with E-state index in [0.29, 0.717) is 21.7 Å². The summed E-state index contributed by atoms with van der Waals surface area (Å²) in [6.45, 7) is 4.03. The minimum absolute atomic E-state index is 0.215. The molecule has 0 spiro atoms. The second-order valence-electron chi connectivity index (χ2n) is 9.87. The van der Waals surface area contributed by atoms with Gasteiger partial charge in [-0.25, -0.2) is 14.7 Å². The fourth-order valence-corrected chi connectivity index (χ4v) is 5.62. The van der Waals surface area contributed by atoms with Crippen LogP contribution in [-0.2, 0) is 0 Å². The number of nitrogens with one attached hydrogen (secondary N) is 1. The molecule has 5 aromatic rings. The molecule has 0 radical (unpaired) electrons. The SMILES string of the molecule is Cc1ccc(NC2=Nc3ccccc3N3C2=Nc2c(c(C)nn2-c2ccccc2)C3c2ccc(Cl)cc2)cc1Cl. The number of hydrogen-bond acceptors (Lipinski definition) is 5. The molecule has 1 atom stereocenters. The third kappa shape index (κ3) is 4.08. The van der Waals surface area contributed by atoms with E-state index in [2.05, 4.69) is 28.4 Å². The number of halogens is 2. The van der Waals surface area contributed by atoms with E-state index < -0.39 is 0 Å². The van der Waals surface area contributed by atoms with Gasteiger partial charge in [0.15, 0.2) is 17.5 Å². The summed E-state index contributed by atoms with van der Waals surface area (Å²) in [6, 6.07) is 31.9. The quantitative estimate of drug-likeness (QED) is 0.239. The number of nitrogens with zero attached hydrogens (tertiary/aromatic N) is 5. The predicted molar refractivity (Wildman–Crippen MR) is 165 cm³/mol. The van der Waals surface area contributed by atoms with Crippen molar-refractivity contribution in [2.24, 2.45) is 9.98 Å². The number of aliphatic imine (C=N–C) groups is 2. The van der Waals surface area contributed by atoms with Crippen LogP contribution in [0.3, 0.4) is 0 Å². The van der Waals surface area contributed by atoms with Gasteiger partial charge in [0.05, 0.1) is 28.8 Å². The van der Waals surface area contributed by atoms with Crippen LogP contribution in [0.1, 0.15) is 28.4 Å². The number of benzene rings is 4. The van der Waals surface area contributed by atoms with Crippen LogP contribution in [0.2, 0.25) is 10.0 Å². The topological polar surface area (TPSA) is 57.8 Å². The fraction of sp³-hybridized carbons (Fsp3) is 0.0938. The van der Waals surface area contributed by atoms with Crippen LogP contribution < -0.4 is 10.2 Å². The van der Waals surface area contributed by atoms with E-state index in [0.717, 1.165) is 51.0 Å². The summed E-state index contributed by atoms with van der Waals surface area (Å²) in [7, 11) is 0. The van der Waals surface area contributed by atoms with Crippen LogP contribution in [0.5, 0.6) is 0 Å². The molecule has 1 aromatic heterocycles. The van der Waals surface area contributed by atoms with E-state index in [1.165, 1.54) is 0 Å². The number of aryl methyl sites for hydroxylation is 2. The van der Waals surface area contributed by atoms with Gasteiger partial charge in [0.25, 0.3) is 0 Å². The van der Waals surface area contributed by atoms with Gasteiger partial charge in [-0.05, 0) is 73.5 Å². The van der Waals surface area contributed by atoms with Crippen molar-refractivity contribution in [2.45, 2.75) is 19.9 Å². The molecule has 2 aliphatic rings. The molecule has 0 bridgehead atoms. The Labute approximate surface area is 242 Å². The standard InChI is InChI=1S/C32H24Cl2N6/c1-19-12-17-23(18-25(19)34)35-30-32-37-31-28(20(2)38-40(31)24-8-4-3-5-9-24)29(21-13-15-22(33)16-14-21)39(32)27-11-7-6-10-26(27)36-30/h3-18,29H,1-2H3,(H,35,36). The van der Waals surface area contributed by atoms with Gasteiger partial charge < -0.3 is 10.2 Å². The molecule has 0 amide bonds. The summed E-state index contributed by atoms with van der Waals surface area (Å²) >= 11 is 12.8. The van der Waals surface area contributed by atoms with Crippen LogP contribution in [0.15, 0.2) is 107 Å². The minimum Gasteiger partial charge on any atom is -0.337 e. The maximum absolute atomic E-state index is 6.48. The summed E-state index contributed by atoms with van der Waals surface area (Å²) in [5, 5.41) is 9.86. The van der Waals surface area contributed by atoms with Gasteiger partial charge >= 0.3 is 0 Å². The molecule has 0 saturated carbocycles. The summed E-state index contributed by atoms with van der Waals surface area (Å²) in [6.07, 6.45) is 0. The van der Waals surface area contributed by atoms with Crippen molar-refractivity contribution in [3.05, 3.63) is 129 Å². The molecular weight excluding hydrogens is 539 g/mol. The molecule has 196 valence electrons. The Morgan fingerprint density at radius 2 is 1.55 bits per heavy atom. The van der Waals surface area contributed by atoms with Crippen LogP contribution in [0, 0.1) is 13.8 Å². The average Bonchev–Trinajstić information content (AvgIpc) is 3.31. The first-order valence-electron chi connectivity index (χ1n) is 13.0. The van der Waals surface area contributed by atoms with Crippen LogP contribution in [0.25, 0.3) is 5.69 Å². The summed E-state index contributed by atoms with van der Waals surface area (Å²) in [5.74, 6) is 2.09. The first-order chi connectivity index (χ1) is 19.5. The molecule has 2 aliphatic heterocycles. The van der Waals surface area contributed by atoms with Crippen molar-refractivity contribution >= 4 is 57.8 Å². The van der Waals surface area contributed by atoms with Crippen LogP contribution >= 0.6 is 23.2 Å². The van der Waals surface area contributed by atoms with Gasteiger partial charge in [0.1, 0.15) is 0 Å². The lowest BCUT2D eigenvalue weighted by atomic mass is 9.93. The Hall–Kier alpha value is -4.39. The highest BCUT2D eigenvalue weighted by molar-refractivity contribution is 6.51. The third-order valence-corrected chi connectivity index (χ3v) is 7.92. The highest BCUT2D eigenvalue weighted by Gasteiger charge is 2.41. The maximum atomic E-state index is 6.48. The number of anilines is 2. The Balaban J connectivity index is 1.49. The Morgan fingerprint density at radius 3 is 2.33 bits per heavy atom. The number of rotatable bonds is 3. The molecule has 4 aromatic carbocycles. The predicted octanol–water partition coefficient (Wildman–Crippen LogP) is 8.59. The van der Waals surface area contributed by atoms with E-state index in [9.17, 15) is 0 Å². The zero-order valence-electron chi connectivity index (χ0n) is 21.8. The fourth-order valence-electron chi connectivity index (χ4n) is 5.31. The van der Waals surface area contributed by atoms with E-state index in [1.807, 2.05) is 97.4 Å². The highest BCUT2D eigenvalue weighted by atomic mass is 35.5. The molecular formula is C32H24Cl2N6. The van der Waals surface area contributed by atoms with Crippen LogP contribution in [0.4, 0.5) is 22.9 Å². The monoisotopic (exact) mass is 562 g/mol. The molecule has 0 aliphatic carbocycles. The van der Waals surface area contributed by atoms with Crippen molar-refractivity contribution in [1.82, 2.24) is 9.78 Å². The maximum Gasteiger partial charge on any atom is 0.179 e. The molecule has 3 heterocycles. The van der Waals surface area contributed by atoms with Crippen molar-refractivity contribution in [3.8, 4) is 5.69 Å². The van der Waals surface area contributed by atoms with E-state index in [-0.39, 0.29) is 6.04 Å². The highest BCUT2D eigenvalue weighted by Crippen LogP contribution is 2.48. The van der Waals surface area contributed by atoms with Crippen molar-refractivity contribution in [1.29, 1.82) is 0 Å². The Bertz CT molecular complexity index is 1820. The summed E-state index contributed by atoms with van der Waals surface area (Å²) in [4.78, 5) is 12.6. The van der Waals surface area contributed by atoms with Crippen molar-refractivity contribution < 1.29 is 0 Å². The van der Waals surface area contributed by atoms with Crippen LogP contribution in [-0.4, -0.2) is 21.5 Å². The van der Waals surface area contributed by atoms with E-state index >= 15 is 0 Å². The Morgan fingerprint density at radius 1 is 0.800 bits per heavy atom. The summed E-state index contributed by atoms with van der Waals surface area (Å²) in [5.41, 5.74) is 7.60. The van der Waals surface area contributed by atoms with Gasteiger partial charge in [-0.1, -0.05) is 71.7 Å². The lowest BCUT2D eigenvalue weighted by Gasteiger charge is -2.40. The molecule has 7 rings (SSSR count). The molecule has 40 heavy (non-hydrogen) atoms.